The van der Waals surface area contributed by atoms with Crippen LogP contribution in [0, 0.1) is 17.0 Å². The molecule has 26 heavy (non-hydrogen) atoms. The van der Waals surface area contributed by atoms with Gasteiger partial charge in [0.2, 0.25) is 5.75 Å². The highest BCUT2D eigenvalue weighted by Crippen LogP contribution is 2.34. The Balaban J connectivity index is 1.91. The Kier molecular flexibility index (Phi) is 5.00. The molecule has 3 rings (SSSR count). The van der Waals surface area contributed by atoms with Gasteiger partial charge in [0.15, 0.2) is 0 Å². The average Bonchev–Trinajstić information content (AvgIpc) is 2.62. The van der Waals surface area contributed by atoms with E-state index in [0.717, 1.165) is 11.1 Å². The van der Waals surface area contributed by atoms with Crippen molar-refractivity contribution in [2.75, 3.05) is 0 Å². The molecule has 3 aromatic carbocycles. The number of nitro benzene ring substituents is 1. The Bertz CT molecular complexity index is 933. The molecular formula is C21H19NO4. The molecule has 0 aromatic heterocycles. The molecule has 0 aliphatic carbocycles. The van der Waals surface area contributed by atoms with Crippen LogP contribution in [0.3, 0.4) is 0 Å². The minimum absolute atomic E-state index is 0.108. The molecule has 1 N–H and O–H groups in total. The molecule has 0 saturated heterocycles. The summed E-state index contributed by atoms with van der Waals surface area (Å²) in [5.41, 5.74) is 3.75. The SMILES string of the molecule is Cc1ccccc1-c1ccc(Oc2cc(C(C)O)ccc2[N+](=O)[O-])cc1. The molecule has 0 saturated carbocycles. The summed E-state index contributed by atoms with van der Waals surface area (Å²) in [5.74, 6) is 0.602. The van der Waals surface area contributed by atoms with E-state index in [0.29, 0.717) is 11.3 Å². The third-order valence-electron chi connectivity index (χ3n) is 4.20. The molecule has 0 aliphatic heterocycles. The van der Waals surface area contributed by atoms with Crippen LogP contribution < -0.4 is 4.74 Å². The standard InChI is InChI=1S/C21H19NO4/c1-14-5-3-4-6-19(14)16-7-10-18(11-8-16)26-21-13-17(15(2)23)9-12-20(21)22(24)25/h3-13,15,23H,1-2H3. The first kappa shape index (κ1) is 17.6. The third-order valence-corrected chi connectivity index (χ3v) is 4.20. The lowest BCUT2D eigenvalue weighted by Gasteiger charge is -2.11. The summed E-state index contributed by atoms with van der Waals surface area (Å²) in [6, 6.07) is 19.8. The molecule has 0 aliphatic rings. The maximum atomic E-state index is 11.2. The minimum atomic E-state index is -0.735. The van der Waals surface area contributed by atoms with Gasteiger partial charge in [-0.1, -0.05) is 36.4 Å². The van der Waals surface area contributed by atoms with Crippen molar-refractivity contribution in [1.82, 2.24) is 0 Å². The second-order valence-corrected chi connectivity index (χ2v) is 6.10. The first-order valence-electron chi connectivity index (χ1n) is 8.26. The van der Waals surface area contributed by atoms with Gasteiger partial charge in [-0.05, 0) is 60.4 Å². The molecule has 5 heteroatoms. The third kappa shape index (κ3) is 3.73. The van der Waals surface area contributed by atoms with Crippen LogP contribution in [0.2, 0.25) is 0 Å². The van der Waals surface area contributed by atoms with E-state index in [4.69, 9.17) is 4.74 Å². The lowest BCUT2D eigenvalue weighted by Crippen LogP contribution is -1.97. The lowest BCUT2D eigenvalue weighted by atomic mass is 10.0. The second-order valence-electron chi connectivity index (χ2n) is 6.10. The van der Waals surface area contributed by atoms with E-state index in [-0.39, 0.29) is 11.4 Å². The van der Waals surface area contributed by atoms with Crippen molar-refractivity contribution in [3.63, 3.8) is 0 Å². The van der Waals surface area contributed by atoms with Crippen molar-refractivity contribution < 1.29 is 14.8 Å². The number of hydrogen-bond acceptors (Lipinski definition) is 4. The molecule has 5 nitrogen and oxygen atoms in total. The quantitative estimate of drug-likeness (QED) is 0.493. The van der Waals surface area contributed by atoms with Crippen LogP contribution in [0.1, 0.15) is 24.2 Å². The van der Waals surface area contributed by atoms with Crippen LogP contribution >= 0.6 is 0 Å². The zero-order chi connectivity index (χ0) is 18.7. The smallest absolute Gasteiger partial charge is 0.311 e. The Morgan fingerprint density at radius 2 is 1.73 bits per heavy atom. The van der Waals surface area contributed by atoms with E-state index in [1.165, 1.54) is 23.8 Å². The molecule has 1 unspecified atom stereocenters. The zero-order valence-corrected chi connectivity index (χ0v) is 14.5. The van der Waals surface area contributed by atoms with Crippen LogP contribution in [0.15, 0.2) is 66.7 Å². The van der Waals surface area contributed by atoms with Gasteiger partial charge in [0.1, 0.15) is 5.75 Å². The molecular weight excluding hydrogens is 330 g/mol. The van der Waals surface area contributed by atoms with Gasteiger partial charge in [-0.25, -0.2) is 0 Å². The largest absolute Gasteiger partial charge is 0.450 e. The van der Waals surface area contributed by atoms with E-state index in [2.05, 4.69) is 0 Å². The van der Waals surface area contributed by atoms with Gasteiger partial charge in [0.05, 0.1) is 11.0 Å². The van der Waals surface area contributed by atoms with Gasteiger partial charge >= 0.3 is 5.69 Å². The average molecular weight is 349 g/mol. The van der Waals surface area contributed by atoms with Crippen LogP contribution in [0.5, 0.6) is 11.5 Å². The number of nitro groups is 1. The molecule has 0 fully saturated rings. The maximum Gasteiger partial charge on any atom is 0.311 e. The number of aliphatic hydroxyl groups is 1. The maximum absolute atomic E-state index is 11.2. The van der Waals surface area contributed by atoms with E-state index >= 15 is 0 Å². The minimum Gasteiger partial charge on any atom is -0.450 e. The highest BCUT2D eigenvalue weighted by atomic mass is 16.6. The predicted octanol–water partition coefficient (Wildman–Crippen LogP) is 5.42. The number of nitrogens with zero attached hydrogens (tertiary/aromatic N) is 1. The highest BCUT2D eigenvalue weighted by molar-refractivity contribution is 5.67. The molecule has 1 atom stereocenters. The van der Waals surface area contributed by atoms with Crippen molar-refractivity contribution >= 4 is 5.69 Å². The molecule has 0 bridgehead atoms. The Morgan fingerprint density at radius 3 is 2.35 bits per heavy atom. The Morgan fingerprint density at radius 1 is 1.04 bits per heavy atom. The van der Waals surface area contributed by atoms with Crippen LogP contribution in [0.4, 0.5) is 5.69 Å². The lowest BCUT2D eigenvalue weighted by molar-refractivity contribution is -0.385. The van der Waals surface area contributed by atoms with Crippen molar-refractivity contribution in [1.29, 1.82) is 0 Å². The van der Waals surface area contributed by atoms with E-state index < -0.39 is 11.0 Å². The topological polar surface area (TPSA) is 72.6 Å². The molecule has 0 spiro atoms. The Hall–Kier alpha value is -3.18. The number of hydrogen-bond donors (Lipinski definition) is 1. The summed E-state index contributed by atoms with van der Waals surface area (Å²) < 4.78 is 5.73. The van der Waals surface area contributed by atoms with Gasteiger partial charge in [0, 0.05) is 6.07 Å². The van der Waals surface area contributed by atoms with Gasteiger partial charge in [-0.2, -0.15) is 0 Å². The van der Waals surface area contributed by atoms with Crippen molar-refractivity contribution in [2.45, 2.75) is 20.0 Å². The fourth-order valence-corrected chi connectivity index (χ4v) is 2.75. The van der Waals surface area contributed by atoms with Gasteiger partial charge < -0.3 is 9.84 Å². The molecule has 0 heterocycles. The summed E-state index contributed by atoms with van der Waals surface area (Å²) >= 11 is 0. The second kappa shape index (κ2) is 7.37. The van der Waals surface area contributed by atoms with E-state index in [9.17, 15) is 15.2 Å². The normalized spacial score (nSPS) is 11.8. The fourth-order valence-electron chi connectivity index (χ4n) is 2.75. The number of benzene rings is 3. The van der Waals surface area contributed by atoms with Crippen LogP contribution in [-0.2, 0) is 0 Å². The molecule has 0 amide bonds. The summed E-state index contributed by atoms with van der Waals surface area (Å²) in [4.78, 5) is 10.7. The summed E-state index contributed by atoms with van der Waals surface area (Å²) in [5, 5.41) is 20.9. The first-order chi connectivity index (χ1) is 12.5. The van der Waals surface area contributed by atoms with Gasteiger partial charge in [-0.3, -0.25) is 10.1 Å². The first-order valence-corrected chi connectivity index (χ1v) is 8.26. The van der Waals surface area contributed by atoms with Crippen LogP contribution in [0.25, 0.3) is 11.1 Å². The monoisotopic (exact) mass is 349 g/mol. The summed E-state index contributed by atoms with van der Waals surface area (Å²) in [6.07, 6.45) is -0.735. The summed E-state index contributed by atoms with van der Waals surface area (Å²) in [6.45, 7) is 3.65. The highest BCUT2D eigenvalue weighted by Gasteiger charge is 2.18. The molecule has 0 radical (unpaired) electrons. The number of aliphatic hydroxyl groups excluding tert-OH is 1. The van der Waals surface area contributed by atoms with Gasteiger partial charge in [0.25, 0.3) is 0 Å². The van der Waals surface area contributed by atoms with Crippen molar-refractivity contribution in [3.8, 4) is 22.6 Å². The predicted molar refractivity (Wildman–Crippen MR) is 100 cm³/mol. The number of rotatable bonds is 5. The number of aryl methyl sites for hydroxylation is 1. The van der Waals surface area contributed by atoms with Crippen LogP contribution in [-0.4, -0.2) is 10.0 Å². The van der Waals surface area contributed by atoms with Gasteiger partial charge in [-0.15, -0.1) is 0 Å². The molecule has 132 valence electrons. The van der Waals surface area contributed by atoms with Crippen molar-refractivity contribution in [2.24, 2.45) is 0 Å². The zero-order valence-electron chi connectivity index (χ0n) is 14.5. The van der Waals surface area contributed by atoms with Crippen molar-refractivity contribution in [3.05, 3.63) is 88.0 Å². The molecule has 3 aromatic rings. The number of ether oxygens (including phenoxy) is 1. The van der Waals surface area contributed by atoms with E-state index in [1.54, 1.807) is 19.1 Å². The van der Waals surface area contributed by atoms with E-state index in [1.807, 2.05) is 43.3 Å². The Labute approximate surface area is 151 Å². The fraction of sp³-hybridized carbons (Fsp3) is 0.143. The summed E-state index contributed by atoms with van der Waals surface area (Å²) in [7, 11) is 0.